The average molecular weight is 254 g/mol. The van der Waals surface area contributed by atoms with E-state index in [4.69, 9.17) is 5.26 Å². The molecule has 0 saturated carbocycles. The summed E-state index contributed by atoms with van der Waals surface area (Å²) in [7, 11) is 0. The highest BCUT2D eigenvalue weighted by molar-refractivity contribution is 5.89. The predicted molar refractivity (Wildman–Crippen MR) is 68.1 cm³/mol. The number of anilines is 1. The first-order chi connectivity index (χ1) is 9.17. The van der Waals surface area contributed by atoms with Crippen LogP contribution in [0.25, 0.3) is 0 Å². The molecule has 5 nitrogen and oxygen atoms in total. The van der Waals surface area contributed by atoms with Crippen molar-refractivity contribution in [2.75, 3.05) is 5.32 Å². The van der Waals surface area contributed by atoms with E-state index >= 15 is 0 Å². The molecular weight excluding hydrogens is 242 g/mol. The molecule has 2 rings (SSSR count). The number of benzene rings is 1. The summed E-state index contributed by atoms with van der Waals surface area (Å²) in [6.07, 6.45) is 3.16. The van der Waals surface area contributed by atoms with Crippen LogP contribution < -0.4 is 9.88 Å². The third-order valence-corrected chi connectivity index (χ3v) is 2.47. The summed E-state index contributed by atoms with van der Waals surface area (Å²) in [5.41, 5.74) is 1.17. The number of nitriles is 1. The monoisotopic (exact) mass is 254 g/mol. The Labute approximate surface area is 110 Å². The van der Waals surface area contributed by atoms with Crippen molar-refractivity contribution in [1.82, 2.24) is 0 Å². The number of pyridine rings is 1. The van der Waals surface area contributed by atoms with Crippen LogP contribution in [0.5, 0.6) is 5.75 Å². The van der Waals surface area contributed by atoms with E-state index in [1.165, 1.54) is 12.3 Å². The SMILES string of the molecule is N#Cc1ccc(NC(=O)C[n+]2cccc(O)c2)cc1. The normalized spacial score (nSPS) is 9.63. The van der Waals surface area contributed by atoms with Gasteiger partial charge in [-0.1, -0.05) is 0 Å². The van der Waals surface area contributed by atoms with Gasteiger partial charge in [-0.05, 0) is 30.3 Å². The van der Waals surface area contributed by atoms with Crippen molar-refractivity contribution in [1.29, 1.82) is 5.26 Å². The molecule has 0 spiro atoms. The Bertz CT molecular complexity index is 630. The van der Waals surface area contributed by atoms with Crippen LogP contribution in [0.3, 0.4) is 0 Å². The van der Waals surface area contributed by atoms with Crippen LogP contribution in [0.4, 0.5) is 5.69 Å². The Kier molecular flexibility index (Phi) is 3.74. The molecule has 0 fully saturated rings. The molecule has 2 N–H and O–H groups in total. The maximum atomic E-state index is 11.8. The molecule has 2 aromatic rings. The van der Waals surface area contributed by atoms with Gasteiger partial charge in [0.1, 0.15) is 0 Å². The van der Waals surface area contributed by atoms with Crippen molar-refractivity contribution in [2.45, 2.75) is 6.54 Å². The van der Waals surface area contributed by atoms with Crippen molar-refractivity contribution < 1.29 is 14.5 Å². The van der Waals surface area contributed by atoms with Gasteiger partial charge in [0.05, 0.1) is 11.6 Å². The van der Waals surface area contributed by atoms with Crippen LogP contribution >= 0.6 is 0 Å². The van der Waals surface area contributed by atoms with Gasteiger partial charge in [-0.25, -0.2) is 0 Å². The molecule has 1 amide bonds. The molecule has 0 bridgehead atoms. The number of nitrogens with zero attached hydrogens (tertiary/aromatic N) is 2. The summed E-state index contributed by atoms with van der Waals surface area (Å²) in [6.45, 7) is 0.106. The Hall–Kier alpha value is -2.87. The first-order valence-corrected chi connectivity index (χ1v) is 5.65. The van der Waals surface area contributed by atoms with E-state index in [0.29, 0.717) is 11.3 Å². The molecule has 1 heterocycles. The number of carbonyl (C=O) groups is 1. The summed E-state index contributed by atoms with van der Waals surface area (Å²) in [4.78, 5) is 11.8. The number of aromatic nitrogens is 1. The first-order valence-electron chi connectivity index (χ1n) is 5.65. The zero-order chi connectivity index (χ0) is 13.7. The molecule has 5 heteroatoms. The highest BCUT2D eigenvalue weighted by Crippen LogP contribution is 2.08. The molecule has 1 aromatic heterocycles. The lowest BCUT2D eigenvalue weighted by atomic mass is 10.2. The van der Waals surface area contributed by atoms with E-state index in [0.717, 1.165) is 0 Å². The molecule has 0 atom stereocenters. The molecule has 0 unspecified atom stereocenters. The maximum Gasteiger partial charge on any atom is 0.290 e. The summed E-state index contributed by atoms with van der Waals surface area (Å²) in [6, 6.07) is 11.8. The van der Waals surface area contributed by atoms with Gasteiger partial charge in [-0.3, -0.25) is 4.79 Å². The summed E-state index contributed by atoms with van der Waals surface area (Å²) >= 11 is 0. The van der Waals surface area contributed by atoms with E-state index in [-0.39, 0.29) is 18.2 Å². The Morgan fingerprint density at radius 3 is 2.68 bits per heavy atom. The number of rotatable bonds is 3. The van der Waals surface area contributed by atoms with Gasteiger partial charge in [-0.15, -0.1) is 0 Å². The van der Waals surface area contributed by atoms with Crippen molar-refractivity contribution in [3.63, 3.8) is 0 Å². The lowest BCUT2D eigenvalue weighted by molar-refractivity contribution is -0.684. The van der Waals surface area contributed by atoms with Crippen molar-refractivity contribution in [3.05, 3.63) is 54.4 Å². The lowest BCUT2D eigenvalue weighted by Gasteiger charge is -2.03. The number of nitrogens with one attached hydrogen (secondary N) is 1. The van der Waals surface area contributed by atoms with Gasteiger partial charge in [0.25, 0.3) is 5.91 Å². The fourth-order valence-electron chi connectivity index (χ4n) is 1.60. The first kappa shape index (κ1) is 12.6. The lowest BCUT2D eigenvalue weighted by Crippen LogP contribution is -2.39. The van der Waals surface area contributed by atoms with Gasteiger partial charge < -0.3 is 10.4 Å². The molecule has 0 aliphatic rings. The minimum atomic E-state index is -0.208. The molecule has 94 valence electrons. The summed E-state index contributed by atoms with van der Waals surface area (Å²) < 4.78 is 1.58. The largest absolute Gasteiger partial charge is 0.503 e. The smallest absolute Gasteiger partial charge is 0.290 e. The Balaban J connectivity index is 1.99. The predicted octanol–water partition coefficient (Wildman–Crippen LogP) is 1.19. The van der Waals surface area contributed by atoms with Crippen LogP contribution in [0.2, 0.25) is 0 Å². The molecule has 0 aliphatic heterocycles. The molecular formula is C14H12N3O2+. The number of carbonyl (C=O) groups excluding carboxylic acids is 1. The second-order valence-corrected chi connectivity index (χ2v) is 3.97. The molecule has 0 radical (unpaired) electrons. The third-order valence-electron chi connectivity index (χ3n) is 2.47. The fourth-order valence-corrected chi connectivity index (χ4v) is 1.60. The molecule has 0 saturated heterocycles. The van der Waals surface area contributed by atoms with Crippen LogP contribution in [0.15, 0.2) is 48.8 Å². The van der Waals surface area contributed by atoms with Gasteiger partial charge in [0.2, 0.25) is 12.7 Å². The zero-order valence-electron chi connectivity index (χ0n) is 10.1. The molecule has 1 aromatic carbocycles. The standard InChI is InChI=1S/C14H11N3O2/c15-8-11-3-5-12(6-4-11)16-14(19)10-17-7-1-2-13(18)9-17/h1-7,9H,10H2,(H-,16,18,19)/p+1. The van der Waals surface area contributed by atoms with Gasteiger partial charge in [0, 0.05) is 11.8 Å². The Morgan fingerprint density at radius 2 is 2.05 bits per heavy atom. The van der Waals surface area contributed by atoms with Crippen LogP contribution in [0, 0.1) is 11.3 Å². The minimum Gasteiger partial charge on any atom is -0.503 e. The highest BCUT2D eigenvalue weighted by atomic mass is 16.3. The molecule has 0 aliphatic carbocycles. The maximum absolute atomic E-state index is 11.8. The van der Waals surface area contributed by atoms with E-state index in [2.05, 4.69) is 5.32 Å². The average Bonchev–Trinajstić information content (AvgIpc) is 2.39. The number of hydrogen-bond acceptors (Lipinski definition) is 3. The van der Waals surface area contributed by atoms with Crippen LogP contribution in [-0.4, -0.2) is 11.0 Å². The number of hydrogen-bond donors (Lipinski definition) is 2. The highest BCUT2D eigenvalue weighted by Gasteiger charge is 2.10. The molecule has 19 heavy (non-hydrogen) atoms. The topological polar surface area (TPSA) is 77.0 Å². The van der Waals surface area contributed by atoms with Gasteiger partial charge in [-0.2, -0.15) is 9.83 Å². The number of amides is 1. The number of aromatic hydroxyl groups is 1. The zero-order valence-corrected chi connectivity index (χ0v) is 10.1. The van der Waals surface area contributed by atoms with Crippen molar-refractivity contribution >= 4 is 11.6 Å². The van der Waals surface area contributed by atoms with E-state index in [1.807, 2.05) is 6.07 Å². The van der Waals surface area contributed by atoms with E-state index < -0.39 is 0 Å². The van der Waals surface area contributed by atoms with Gasteiger partial charge >= 0.3 is 0 Å². The van der Waals surface area contributed by atoms with Crippen molar-refractivity contribution in [3.8, 4) is 11.8 Å². The fraction of sp³-hybridized carbons (Fsp3) is 0.0714. The second kappa shape index (κ2) is 5.65. The van der Waals surface area contributed by atoms with Gasteiger partial charge in [0.15, 0.2) is 11.9 Å². The third kappa shape index (κ3) is 3.54. The second-order valence-electron chi connectivity index (χ2n) is 3.97. The van der Waals surface area contributed by atoms with Crippen molar-refractivity contribution in [2.24, 2.45) is 0 Å². The minimum absolute atomic E-state index is 0.105. The Morgan fingerprint density at radius 1 is 1.32 bits per heavy atom. The van der Waals surface area contributed by atoms with E-state index in [9.17, 15) is 9.90 Å². The summed E-state index contributed by atoms with van der Waals surface area (Å²) in [5.74, 6) is -0.103. The van der Waals surface area contributed by atoms with E-state index in [1.54, 1.807) is 41.1 Å². The van der Waals surface area contributed by atoms with Crippen LogP contribution in [0.1, 0.15) is 5.56 Å². The quantitative estimate of drug-likeness (QED) is 0.808. The summed E-state index contributed by atoms with van der Waals surface area (Å²) in [5, 5.41) is 20.7. The van der Waals surface area contributed by atoms with Crippen LogP contribution in [-0.2, 0) is 11.3 Å².